The van der Waals surface area contributed by atoms with Crippen molar-refractivity contribution < 1.29 is 0 Å². The molecule has 0 aliphatic heterocycles. The van der Waals surface area contributed by atoms with Crippen LogP contribution in [-0.2, 0) is 0 Å². The zero-order valence-corrected chi connectivity index (χ0v) is 15.6. The van der Waals surface area contributed by atoms with Crippen molar-refractivity contribution >= 4 is 0 Å². The van der Waals surface area contributed by atoms with Gasteiger partial charge >= 0.3 is 0 Å². The van der Waals surface area contributed by atoms with Crippen LogP contribution in [-0.4, -0.2) is 0 Å². The van der Waals surface area contributed by atoms with Crippen molar-refractivity contribution in [2.24, 2.45) is 16.7 Å². The molecule has 0 spiro atoms. The van der Waals surface area contributed by atoms with Crippen LogP contribution in [0.2, 0.25) is 0 Å². The summed E-state index contributed by atoms with van der Waals surface area (Å²) < 4.78 is 0. The average Bonchev–Trinajstić information content (AvgIpc) is 2.29. The maximum atomic E-state index is 2.37. The summed E-state index contributed by atoms with van der Waals surface area (Å²) in [6.07, 6.45) is 14.3. The van der Waals surface area contributed by atoms with E-state index in [1.165, 1.54) is 64.2 Å². The SMILES string of the molecule is CC[C@H](CCCCCCCC(C)(C)C)CCC(C)(C)C. The van der Waals surface area contributed by atoms with Crippen LogP contribution < -0.4 is 0 Å². The molecule has 0 radical (unpaired) electrons. The molecule has 0 aliphatic rings. The van der Waals surface area contributed by atoms with Crippen LogP contribution in [0.5, 0.6) is 0 Å². The minimum absolute atomic E-state index is 0.514. The Balaban J connectivity index is 3.52. The number of unbranched alkanes of at least 4 members (excludes halogenated alkanes) is 4. The highest BCUT2D eigenvalue weighted by Gasteiger charge is 2.14. The van der Waals surface area contributed by atoms with Crippen LogP contribution >= 0.6 is 0 Å². The summed E-state index contributed by atoms with van der Waals surface area (Å²) in [5, 5.41) is 0. The molecule has 0 nitrogen and oxygen atoms in total. The number of hydrogen-bond donors (Lipinski definition) is 0. The lowest BCUT2D eigenvalue weighted by molar-refractivity contribution is 0.302. The molecule has 0 aromatic heterocycles. The summed E-state index contributed by atoms with van der Waals surface area (Å²) in [7, 11) is 0. The zero-order valence-electron chi connectivity index (χ0n) is 15.6. The molecule has 0 aromatic rings. The summed E-state index contributed by atoms with van der Waals surface area (Å²) in [5.41, 5.74) is 1.04. The topological polar surface area (TPSA) is 0 Å². The Hall–Kier alpha value is 0. The van der Waals surface area contributed by atoms with E-state index in [-0.39, 0.29) is 0 Å². The largest absolute Gasteiger partial charge is 0.0651 e. The van der Waals surface area contributed by atoms with Gasteiger partial charge in [-0.3, -0.25) is 0 Å². The minimum Gasteiger partial charge on any atom is -0.0651 e. The van der Waals surface area contributed by atoms with E-state index in [0.29, 0.717) is 10.8 Å². The van der Waals surface area contributed by atoms with E-state index in [1.54, 1.807) is 0 Å². The molecule has 0 saturated carbocycles. The van der Waals surface area contributed by atoms with Crippen molar-refractivity contribution in [2.75, 3.05) is 0 Å². The van der Waals surface area contributed by atoms with E-state index in [4.69, 9.17) is 0 Å². The van der Waals surface area contributed by atoms with Crippen LogP contribution in [0.4, 0.5) is 0 Å². The maximum absolute atomic E-state index is 2.37. The van der Waals surface area contributed by atoms with E-state index in [1.807, 2.05) is 0 Å². The molecule has 0 unspecified atom stereocenters. The Morgan fingerprint density at radius 3 is 1.60 bits per heavy atom. The minimum atomic E-state index is 0.514. The van der Waals surface area contributed by atoms with E-state index in [2.05, 4.69) is 48.5 Å². The Kier molecular flexibility index (Phi) is 9.85. The van der Waals surface area contributed by atoms with E-state index < -0.39 is 0 Å². The summed E-state index contributed by atoms with van der Waals surface area (Å²) >= 11 is 0. The first-order chi connectivity index (χ1) is 9.14. The zero-order chi connectivity index (χ0) is 15.6. The third-order valence-electron chi connectivity index (χ3n) is 4.42. The lowest BCUT2D eigenvalue weighted by Gasteiger charge is -2.22. The van der Waals surface area contributed by atoms with Gasteiger partial charge in [-0.15, -0.1) is 0 Å². The molecule has 0 rings (SSSR count). The van der Waals surface area contributed by atoms with Gasteiger partial charge in [0.15, 0.2) is 0 Å². The first-order valence-electron chi connectivity index (χ1n) is 9.14. The summed E-state index contributed by atoms with van der Waals surface area (Å²) in [4.78, 5) is 0. The molecule has 0 aromatic carbocycles. The summed E-state index contributed by atoms with van der Waals surface area (Å²) in [6.45, 7) is 16.5. The predicted molar refractivity (Wildman–Crippen MR) is 94.2 cm³/mol. The predicted octanol–water partition coefficient (Wildman–Crippen LogP) is 7.62. The number of rotatable bonds is 10. The van der Waals surface area contributed by atoms with Gasteiger partial charge in [-0.05, 0) is 36.0 Å². The monoisotopic (exact) mass is 282 g/mol. The normalized spacial score (nSPS) is 14.6. The Labute approximate surface area is 130 Å². The molecule has 122 valence electrons. The fourth-order valence-electron chi connectivity index (χ4n) is 2.81. The molecule has 0 heteroatoms. The van der Waals surface area contributed by atoms with Crippen LogP contribution in [0.25, 0.3) is 0 Å². The first-order valence-corrected chi connectivity index (χ1v) is 9.14. The molecular formula is C20H42. The van der Waals surface area contributed by atoms with Gasteiger partial charge in [0.2, 0.25) is 0 Å². The van der Waals surface area contributed by atoms with Crippen molar-refractivity contribution in [1.82, 2.24) is 0 Å². The molecule has 1 atom stereocenters. The third kappa shape index (κ3) is 14.4. The van der Waals surface area contributed by atoms with Gasteiger partial charge in [-0.25, -0.2) is 0 Å². The van der Waals surface area contributed by atoms with E-state index >= 15 is 0 Å². The standard InChI is InChI=1S/C20H42/c1-8-18(15-17-20(5,6)7)14-12-10-9-11-13-16-19(2,3)4/h18H,8-17H2,1-7H3/t18-/m1/s1. The second-order valence-corrected chi connectivity index (χ2v) is 9.24. The molecule has 20 heavy (non-hydrogen) atoms. The van der Waals surface area contributed by atoms with Crippen molar-refractivity contribution in [3.63, 3.8) is 0 Å². The summed E-state index contributed by atoms with van der Waals surface area (Å²) in [6, 6.07) is 0. The highest BCUT2D eigenvalue weighted by molar-refractivity contribution is 4.66. The van der Waals surface area contributed by atoms with Crippen LogP contribution in [0.3, 0.4) is 0 Å². The van der Waals surface area contributed by atoms with Crippen LogP contribution in [0.1, 0.15) is 113 Å². The highest BCUT2D eigenvalue weighted by atomic mass is 14.2. The van der Waals surface area contributed by atoms with Gasteiger partial charge in [-0.1, -0.05) is 93.4 Å². The molecule has 0 aliphatic carbocycles. The van der Waals surface area contributed by atoms with Crippen LogP contribution in [0, 0.1) is 16.7 Å². The fraction of sp³-hybridized carbons (Fsp3) is 1.00. The molecular weight excluding hydrogens is 240 g/mol. The Morgan fingerprint density at radius 2 is 1.10 bits per heavy atom. The maximum Gasteiger partial charge on any atom is -0.0383 e. The van der Waals surface area contributed by atoms with Gasteiger partial charge < -0.3 is 0 Å². The van der Waals surface area contributed by atoms with Crippen molar-refractivity contribution in [2.45, 2.75) is 113 Å². The molecule has 0 saturated heterocycles. The van der Waals surface area contributed by atoms with Gasteiger partial charge in [0.05, 0.1) is 0 Å². The van der Waals surface area contributed by atoms with E-state index in [0.717, 1.165) is 5.92 Å². The first kappa shape index (κ1) is 20.0. The lowest BCUT2D eigenvalue weighted by Crippen LogP contribution is -2.09. The number of hydrogen-bond acceptors (Lipinski definition) is 0. The molecule has 0 fully saturated rings. The van der Waals surface area contributed by atoms with Gasteiger partial charge in [-0.2, -0.15) is 0 Å². The van der Waals surface area contributed by atoms with Gasteiger partial charge in [0.1, 0.15) is 0 Å². The van der Waals surface area contributed by atoms with E-state index in [9.17, 15) is 0 Å². The second-order valence-electron chi connectivity index (χ2n) is 9.24. The smallest absolute Gasteiger partial charge is 0.0383 e. The molecule has 0 amide bonds. The van der Waals surface area contributed by atoms with Crippen molar-refractivity contribution in [1.29, 1.82) is 0 Å². The van der Waals surface area contributed by atoms with Gasteiger partial charge in [0.25, 0.3) is 0 Å². The molecule has 0 bridgehead atoms. The lowest BCUT2D eigenvalue weighted by atomic mass is 9.84. The second kappa shape index (κ2) is 9.85. The Bertz CT molecular complexity index is 213. The fourth-order valence-corrected chi connectivity index (χ4v) is 2.81. The third-order valence-corrected chi connectivity index (χ3v) is 4.42. The molecule has 0 N–H and O–H groups in total. The summed E-state index contributed by atoms with van der Waals surface area (Å²) in [5.74, 6) is 0.976. The van der Waals surface area contributed by atoms with Crippen LogP contribution in [0.15, 0.2) is 0 Å². The highest BCUT2D eigenvalue weighted by Crippen LogP contribution is 2.28. The van der Waals surface area contributed by atoms with Gasteiger partial charge in [0, 0.05) is 0 Å². The van der Waals surface area contributed by atoms with Crippen molar-refractivity contribution in [3.05, 3.63) is 0 Å². The Morgan fingerprint density at radius 1 is 0.600 bits per heavy atom. The average molecular weight is 283 g/mol. The molecule has 0 heterocycles. The quantitative estimate of drug-likeness (QED) is 0.361. The van der Waals surface area contributed by atoms with Crippen molar-refractivity contribution in [3.8, 4) is 0 Å².